The zero-order valence-electron chi connectivity index (χ0n) is 21.8. The van der Waals surface area contributed by atoms with Crippen molar-refractivity contribution in [1.82, 2.24) is 4.72 Å². The van der Waals surface area contributed by atoms with Crippen molar-refractivity contribution in [1.29, 1.82) is 0 Å². The van der Waals surface area contributed by atoms with E-state index >= 15 is 0 Å². The van der Waals surface area contributed by atoms with Crippen molar-refractivity contribution in [3.63, 3.8) is 0 Å². The first-order chi connectivity index (χ1) is 17.7. The molecule has 2 N–H and O–H groups in total. The lowest BCUT2D eigenvalue weighted by atomic mass is 9.87. The SMILES string of the molecule is Cc1cccc(NC(=O)N(CCCNS(=O)(=O)c2ccc(C(C)(C)C)cc2)c2cccc(C(F)(F)F)c2)c1. The van der Waals surface area contributed by atoms with E-state index in [1.807, 2.05) is 33.8 Å². The van der Waals surface area contributed by atoms with Gasteiger partial charge in [-0.2, -0.15) is 13.2 Å². The first-order valence-corrected chi connectivity index (χ1v) is 13.6. The van der Waals surface area contributed by atoms with E-state index in [1.165, 1.54) is 29.2 Å². The summed E-state index contributed by atoms with van der Waals surface area (Å²) in [6.07, 6.45) is -4.41. The van der Waals surface area contributed by atoms with Crippen LogP contribution in [0.2, 0.25) is 0 Å². The summed E-state index contributed by atoms with van der Waals surface area (Å²) in [5.41, 5.74) is 1.42. The first kappa shape index (κ1) is 29.2. The molecule has 0 aliphatic rings. The quantitative estimate of drug-likeness (QED) is 0.308. The molecule has 2 amide bonds. The van der Waals surface area contributed by atoms with E-state index in [9.17, 15) is 26.4 Å². The smallest absolute Gasteiger partial charge is 0.308 e. The van der Waals surface area contributed by atoms with Gasteiger partial charge in [-0.05, 0) is 72.4 Å². The average Bonchev–Trinajstić information content (AvgIpc) is 2.83. The molecule has 0 heterocycles. The number of hydrogen-bond acceptors (Lipinski definition) is 3. The minimum absolute atomic E-state index is 0.0173. The number of nitrogens with one attached hydrogen (secondary N) is 2. The number of aryl methyl sites for hydroxylation is 1. The molecule has 0 spiro atoms. The van der Waals surface area contributed by atoms with Crippen LogP contribution >= 0.6 is 0 Å². The molecule has 0 radical (unpaired) electrons. The highest BCUT2D eigenvalue weighted by Crippen LogP contribution is 2.32. The number of anilines is 2. The predicted octanol–water partition coefficient (Wildman–Crippen LogP) is 6.72. The number of carbonyl (C=O) groups is 1. The summed E-state index contributed by atoms with van der Waals surface area (Å²) in [5, 5.41) is 2.71. The number of urea groups is 1. The number of benzene rings is 3. The van der Waals surface area contributed by atoms with E-state index in [-0.39, 0.29) is 35.5 Å². The topological polar surface area (TPSA) is 78.5 Å². The number of carbonyl (C=O) groups excluding carboxylic acids is 1. The van der Waals surface area contributed by atoms with E-state index in [1.54, 1.807) is 30.3 Å². The molecular formula is C28H32F3N3O3S. The van der Waals surface area contributed by atoms with Crippen molar-refractivity contribution in [3.8, 4) is 0 Å². The lowest BCUT2D eigenvalue weighted by Crippen LogP contribution is -2.37. The molecule has 0 saturated heterocycles. The van der Waals surface area contributed by atoms with Crippen LogP contribution in [-0.2, 0) is 21.6 Å². The number of rotatable bonds is 8. The van der Waals surface area contributed by atoms with Crippen molar-refractivity contribution in [2.75, 3.05) is 23.3 Å². The molecule has 6 nitrogen and oxygen atoms in total. The summed E-state index contributed by atoms with van der Waals surface area (Å²) in [6, 6.07) is 17.5. The predicted molar refractivity (Wildman–Crippen MR) is 144 cm³/mol. The van der Waals surface area contributed by atoms with Gasteiger partial charge in [-0.3, -0.25) is 4.90 Å². The maximum Gasteiger partial charge on any atom is 0.416 e. The monoisotopic (exact) mass is 547 g/mol. The van der Waals surface area contributed by atoms with Gasteiger partial charge >= 0.3 is 12.2 Å². The van der Waals surface area contributed by atoms with Gasteiger partial charge in [0.05, 0.1) is 10.5 Å². The van der Waals surface area contributed by atoms with Crippen LogP contribution in [0.3, 0.4) is 0 Å². The molecule has 0 atom stereocenters. The van der Waals surface area contributed by atoms with Gasteiger partial charge in [-0.1, -0.05) is 51.1 Å². The third-order valence-corrected chi connectivity index (χ3v) is 7.36. The molecule has 10 heteroatoms. The van der Waals surface area contributed by atoms with Crippen molar-refractivity contribution >= 4 is 27.4 Å². The molecule has 0 aromatic heterocycles. The summed E-state index contributed by atoms with van der Waals surface area (Å²) < 4.78 is 67.9. The maximum absolute atomic E-state index is 13.3. The molecule has 3 rings (SSSR count). The maximum atomic E-state index is 13.3. The fraction of sp³-hybridized carbons (Fsp3) is 0.321. The third-order valence-electron chi connectivity index (χ3n) is 5.88. The van der Waals surface area contributed by atoms with E-state index in [2.05, 4.69) is 10.0 Å². The Morgan fingerprint density at radius 2 is 1.55 bits per heavy atom. The molecule has 0 aliphatic heterocycles. The molecular weight excluding hydrogens is 515 g/mol. The van der Waals surface area contributed by atoms with Crippen LogP contribution in [0.5, 0.6) is 0 Å². The van der Waals surface area contributed by atoms with Crippen molar-refractivity contribution in [2.45, 2.75) is 50.6 Å². The van der Waals surface area contributed by atoms with E-state index in [0.717, 1.165) is 23.3 Å². The van der Waals surface area contributed by atoms with Crippen LogP contribution < -0.4 is 14.9 Å². The van der Waals surface area contributed by atoms with Crippen LogP contribution in [0.25, 0.3) is 0 Å². The standard InChI is InChI=1S/C28H32F3N3O3S/c1-20-8-5-10-23(18-20)33-26(35)34(24-11-6-9-22(19-24)28(29,30)31)17-7-16-32-38(36,37)25-14-12-21(13-15-25)27(2,3)4/h5-6,8-15,18-19,32H,7,16-17H2,1-4H3,(H,33,35). The molecule has 0 unspecified atom stereocenters. The number of sulfonamides is 1. The van der Waals surface area contributed by atoms with Gasteiger partial charge in [0.15, 0.2) is 0 Å². The Morgan fingerprint density at radius 3 is 2.16 bits per heavy atom. The van der Waals surface area contributed by atoms with Crippen molar-refractivity contribution in [3.05, 3.63) is 89.5 Å². The van der Waals surface area contributed by atoms with Crippen LogP contribution in [0, 0.1) is 6.92 Å². The van der Waals surface area contributed by atoms with E-state index < -0.39 is 27.8 Å². The second kappa shape index (κ2) is 11.6. The Labute approximate surface area is 221 Å². The number of halogens is 3. The van der Waals surface area contributed by atoms with Gasteiger partial charge in [0.2, 0.25) is 10.0 Å². The first-order valence-electron chi connectivity index (χ1n) is 12.1. The number of alkyl halides is 3. The zero-order chi connectivity index (χ0) is 28.1. The van der Waals surface area contributed by atoms with Crippen LogP contribution in [0.1, 0.15) is 43.9 Å². The molecule has 0 aliphatic carbocycles. The molecule has 204 valence electrons. The number of amides is 2. The normalized spacial score (nSPS) is 12.3. The Bertz CT molecular complexity index is 1370. The van der Waals surface area contributed by atoms with Crippen LogP contribution in [0.15, 0.2) is 77.7 Å². The molecule has 0 fully saturated rings. The minimum atomic E-state index is -4.58. The summed E-state index contributed by atoms with van der Waals surface area (Å²) in [6.45, 7) is 7.89. The van der Waals surface area contributed by atoms with Gasteiger partial charge in [-0.15, -0.1) is 0 Å². The van der Waals surface area contributed by atoms with E-state index in [0.29, 0.717) is 5.69 Å². The fourth-order valence-corrected chi connectivity index (χ4v) is 4.85. The summed E-state index contributed by atoms with van der Waals surface area (Å²) in [5.74, 6) is 0. The van der Waals surface area contributed by atoms with Crippen molar-refractivity contribution in [2.24, 2.45) is 0 Å². The van der Waals surface area contributed by atoms with Gasteiger partial charge in [0.25, 0.3) is 0 Å². The Kier molecular flexibility index (Phi) is 8.89. The van der Waals surface area contributed by atoms with Crippen LogP contribution in [0.4, 0.5) is 29.3 Å². The second-order valence-corrected chi connectivity index (χ2v) is 11.8. The van der Waals surface area contributed by atoms with Crippen molar-refractivity contribution < 1.29 is 26.4 Å². The fourth-order valence-electron chi connectivity index (χ4n) is 3.77. The average molecular weight is 548 g/mol. The molecule has 3 aromatic carbocycles. The van der Waals surface area contributed by atoms with Gasteiger partial charge in [0.1, 0.15) is 0 Å². The summed E-state index contributed by atoms with van der Waals surface area (Å²) >= 11 is 0. The van der Waals surface area contributed by atoms with Gasteiger partial charge in [-0.25, -0.2) is 17.9 Å². The third kappa shape index (κ3) is 7.82. The molecule has 0 bridgehead atoms. The Hall–Kier alpha value is -3.37. The molecule has 3 aromatic rings. The number of nitrogens with zero attached hydrogens (tertiary/aromatic N) is 1. The van der Waals surface area contributed by atoms with Gasteiger partial charge < -0.3 is 5.32 Å². The highest BCUT2D eigenvalue weighted by molar-refractivity contribution is 7.89. The molecule has 0 saturated carbocycles. The lowest BCUT2D eigenvalue weighted by Gasteiger charge is -2.24. The minimum Gasteiger partial charge on any atom is -0.308 e. The summed E-state index contributed by atoms with van der Waals surface area (Å²) in [7, 11) is -3.80. The van der Waals surface area contributed by atoms with Crippen LogP contribution in [-0.4, -0.2) is 27.5 Å². The second-order valence-electron chi connectivity index (χ2n) is 10.0. The Morgan fingerprint density at radius 1 is 0.895 bits per heavy atom. The lowest BCUT2D eigenvalue weighted by molar-refractivity contribution is -0.137. The highest BCUT2D eigenvalue weighted by Gasteiger charge is 2.31. The largest absolute Gasteiger partial charge is 0.416 e. The zero-order valence-corrected chi connectivity index (χ0v) is 22.6. The van der Waals surface area contributed by atoms with Gasteiger partial charge in [0, 0.05) is 24.5 Å². The number of hydrogen-bond donors (Lipinski definition) is 2. The summed E-state index contributed by atoms with van der Waals surface area (Å²) in [4.78, 5) is 14.4. The van der Waals surface area contributed by atoms with E-state index in [4.69, 9.17) is 0 Å². The highest BCUT2D eigenvalue weighted by atomic mass is 32.2. The Balaban J connectivity index is 1.74. The molecule has 38 heavy (non-hydrogen) atoms.